The maximum atomic E-state index is 13.3. The molecule has 0 aromatic heterocycles. The van der Waals surface area contributed by atoms with Crippen LogP contribution in [-0.2, 0) is 14.6 Å². The highest BCUT2D eigenvalue weighted by atomic mass is 32.2. The number of hydrogen-bond acceptors (Lipinski definition) is 3. The summed E-state index contributed by atoms with van der Waals surface area (Å²) < 4.78 is 25.1. The lowest BCUT2D eigenvalue weighted by Gasteiger charge is -2.39. The van der Waals surface area contributed by atoms with Gasteiger partial charge in [-0.2, -0.15) is 0 Å². The fraction of sp³-hybridized carbons (Fsp3) is 0.208. The molecule has 1 saturated carbocycles. The van der Waals surface area contributed by atoms with E-state index in [0.29, 0.717) is 18.5 Å². The van der Waals surface area contributed by atoms with Gasteiger partial charge in [0.15, 0.2) is 14.6 Å². The van der Waals surface area contributed by atoms with Crippen LogP contribution in [0.4, 0.5) is 5.69 Å². The van der Waals surface area contributed by atoms with E-state index in [4.69, 9.17) is 0 Å². The molecule has 3 aromatic rings. The summed E-state index contributed by atoms with van der Waals surface area (Å²) in [7, 11) is -3.76. The van der Waals surface area contributed by atoms with Crippen molar-refractivity contribution in [2.45, 2.75) is 35.8 Å². The SMILES string of the molecule is Cc1ccc(S(=O)(=O)C2(C(=O)Nc3ccc(-c4ccccc4)cc3)CCC2)cc1. The van der Waals surface area contributed by atoms with Crippen molar-refractivity contribution in [2.75, 3.05) is 5.32 Å². The van der Waals surface area contributed by atoms with Crippen LogP contribution in [0.2, 0.25) is 0 Å². The van der Waals surface area contributed by atoms with Gasteiger partial charge in [-0.25, -0.2) is 8.42 Å². The summed E-state index contributed by atoms with van der Waals surface area (Å²) in [5, 5.41) is 2.83. The minimum atomic E-state index is -3.76. The summed E-state index contributed by atoms with van der Waals surface area (Å²) in [5.41, 5.74) is 3.70. The number of anilines is 1. The molecule has 29 heavy (non-hydrogen) atoms. The predicted molar refractivity (Wildman–Crippen MR) is 115 cm³/mol. The largest absolute Gasteiger partial charge is 0.325 e. The van der Waals surface area contributed by atoms with E-state index in [2.05, 4.69) is 5.32 Å². The quantitative estimate of drug-likeness (QED) is 0.650. The molecule has 0 heterocycles. The summed E-state index contributed by atoms with van der Waals surface area (Å²) in [5.74, 6) is -0.447. The van der Waals surface area contributed by atoms with Crippen LogP contribution in [0.3, 0.4) is 0 Å². The molecule has 0 radical (unpaired) electrons. The molecule has 1 amide bonds. The second-order valence-corrected chi connectivity index (χ2v) is 9.82. The number of hydrogen-bond donors (Lipinski definition) is 1. The molecular formula is C24H23NO3S. The number of aryl methyl sites for hydroxylation is 1. The molecule has 0 spiro atoms. The highest BCUT2D eigenvalue weighted by molar-refractivity contribution is 7.93. The average molecular weight is 406 g/mol. The number of sulfone groups is 1. The van der Waals surface area contributed by atoms with E-state index in [1.54, 1.807) is 24.3 Å². The summed E-state index contributed by atoms with van der Waals surface area (Å²) in [6.07, 6.45) is 1.42. The van der Waals surface area contributed by atoms with Crippen LogP contribution >= 0.6 is 0 Å². The number of amides is 1. The number of nitrogens with one attached hydrogen (secondary N) is 1. The van der Waals surface area contributed by atoms with Gasteiger partial charge >= 0.3 is 0 Å². The Balaban J connectivity index is 1.57. The number of benzene rings is 3. The van der Waals surface area contributed by atoms with Crippen LogP contribution in [0.15, 0.2) is 83.8 Å². The lowest BCUT2D eigenvalue weighted by molar-refractivity contribution is -0.120. The molecule has 3 aromatic carbocycles. The first-order valence-corrected chi connectivity index (χ1v) is 11.2. The van der Waals surface area contributed by atoms with E-state index in [0.717, 1.165) is 23.1 Å². The second kappa shape index (κ2) is 7.48. The third-order valence-electron chi connectivity index (χ3n) is 5.67. The molecular weight excluding hydrogens is 382 g/mol. The van der Waals surface area contributed by atoms with E-state index in [1.165, 1.54) is 0 Å². The van der Waals surface area contributed by atoms with Crippen molar-refractivity contribution in [1.82, 2.24) is 0 Å². The molecule has 148 valence electrons. The van der Waals surface area contributed by atoms with Gasteiger partial charge in [0.1, 0.15) is 0 Å². The Morgan fingerprint density at radius 2 is 1.41 bits per heavy atom. The maximum Gasteiger partial charge on any atom is 0.246 e. The van der Waals surface area contributed by atoms with Gasteiger partial charge in [0.2, 0.25) is 5.91 Å². The van der Waals surface area contributed by atoms with Gasteiger partial charge < -0.3 is 5.32 Å². The van der Waals surface area contributed by atoms with E-state index in [9.17, 15) is 13.2 Å². The molecule has 1 N–H and O–H groups in total. The molecule has 1 fully saturated rings. The zero-order valence-electron chi connectivity index (χ0n) is 16.3. The zero-order chi connectivity index (χ0) is 20.5. The summed E-state index contributed by atoms with van der Waals surface area (Å²) in [6.45, 7) is 1.90. The third-order valence-corrected chi connectivity index (χ3v) is 8.19. The lowest BCUT2D eigenvalue weighted by atomic mass is 9.83. The topological polar surface area (TPSA) is 63.2 Å². The lowest BCUT2D eigenvalue weighted by Crippen LogP contribution is -2.54. The first-order valence-electron chi connectivity index (χ1n) is 9.71. The fourth-order valence-electron chi connectivity index (χ4n) is 3.68. The van der Waals surface area contributed by atoms with Gasteiger partial charge in [0, 0.05) is 5.69 Å². The predicted octanol–water partition coefficient (Wildman–Crippen LogP) is 5.00. The Morgan fingerprint density at radius 3 is 1.97 bits per heavy atom. The standard InChI is InChI=1S/C24H23NO3S/c1-18-8-14-22(15-9-18)29(27,28)24(16-5-17-24)23(26)25-21-12-10-20(11-13-21)19-6-3-2-4-7-19/h2-4,6-15H,5,16-17H2,1H3,(H,25,26). The molecule has 0 unspecified atom stereocenters. The maximum absolute atomic E-state index is 13.3. The van der Waals surface area contributed by atoms with Crippen LogP contribution in [-0.4, -0.2) is 19.1 Å². The molecule has 5 heteroatoms. The Bertz CT molecular complexity index is 1120. The minimum absolute atomic E-state index is 0.206. The van der Waals surface area contributed by atoms with Gasteiger partial charge in [-0.15, -0.1) is 0 Å². The van der Waals surface area contributed by atoms with Crippen molar-refractivity contribution < 1.29 is 13.2 Å². The Labute approximate surface area is 171 Å². The summed E-state index contributed by atoms with van der Waals surface area (Å²) in [4.78, 5) is 13.3. The van der Waals surface area contributed by atoms with E-state index >= 15 is 0 Å². The van der Waals surface area contributed by atoms with Crippen LogP contribution in [0, 0.1) is 6.92 Å². The van der Waals surface area contributed by atoms with E-state index < -0.39 is 20.5 Å². The molecule has 1 aliphatic rings. The van der Waals surface area contributed by atoms with Crippen molar-refractivity contribution in [1.29, 1.82) is 0 Å². The number of rotatable bonds is 5. The Hall–Kier alpha value is -2.92. The normalized spacial score (nSPS) is 15.3. The molecule has 1 aliphatic carbocycles. The molecule has 0 aliphatic heterocycles. The minimum Gasteiger partial charge on any atom is -0.325 e. The van der Waals surface area contributed by atoms with Gasteiger partial charge in [-0.1, -0.05) is 60.2 Å². The second-order valence-electron chi connectivity index (χ2n) is 7.56. The first kappa shape index (κ1) is 19.4. The zero-order valence-corrected chi connectivity index (χ0v) is 17.1. The average Bonchev–Trinajstić information content (AvgIpc) is 2.68. The molecule has 0 bridgehead atoms. The smallest absolute Gasteiger partial charge is 0.246 e. The van der Waals surface area contributed by atoms with Gasteiger partial charge in [-0.3, -0.25) is 4.79 Å². The third kappa shape index (κ3) is 3.47. The van der Waals surface area contributed by atoms with Crippen molar-refractivity contribution >= 4 is 21.4 Å². The van der Waals surface area contributed by atoms with E-state index in [1.807, 2.05) is 61.5 Å². The van der Waals surface area contributed by atoms with Crippen LogP contribution in [0.5, 0.6) is 0 Å². The Kier molecular flexibility index (Phi) is 5.01. The van der Waals surface area contributed by atoms with Crippen molar-refractivity contribution in [3.05, 3.63) is 84.4 Å². The fourth-order valence-corrected chi connectivity index (χ4v) is 5.75. The highest BCUT2D eigenvalue weighted by Crippen LogP contribution is 2.43. The number of carbonyl (C=O) groups excluding carboxylic acids is 1. The van der Waals surface area contributed by atoms with Crippen LogP contribution < -0.4 is 5.32 Å². The van der Waals surface area contributed by atoms with Gasteiger partial charge in [0.05, 0.1) is 4.90 Å². The Morgan fingerprint density at radius 1 is 0.828 bits per heavy atom. The first-order chi connectivity index (χ1) is 13.9. The highest BCUT2D eigenvalue weighted by Gasteiger charge is 2.55. The van der Waals surface area contributed by atoms with E-state index in [-0.39, 0.29) is 4.90 Å². The summed E-state index contributed by atoms with van der Waals surface area (Å²) >= 11 is 0. The van der Waals surface area contributed by atoms with Gasteiger partial charge in [-0.05, 0) is 61.6 Å². The monoisotopic (exact) mass is 405 g/mol. The van der Waals surface area contributed by atoms with Crippen molar-refractivity contribution in [3.63, 3.8) is 0 Å². The van der Waals surface area contributed by atoms with Crippen LogP contribution in [0.25, 0.3) is 11.1 Å². The van der Waals surface area contributed by atoms with Crippen molar-refractivity contribution in [3.8, 4) is 11.1 Å². The summed E-state index contributed by atoms with van der Waals surface area (Å²) in [6, 6.07) is 24.1. The van der Waals surface area contributed by atoms with Crippen LogP contribution in [0.1, 0.15) is 24.8 Å². The molecule has 4 rings (SSSR count). The molecule has 4 nitrogen and oxygen atoms in total. The molecule has 0 saturated heterocycles. The van der Waals surface area contributed by atoms with Gasteiger partial charge in [0.25, 0.3) is 0 Å². The number of carbonyl (C=O) groups is 1. The molecule has 0 atom stereocenters. The van der Waals surface area contributed by atoms with Crippen molar-refractivity contribution in [2.24, 2.45) is 0 Å².